The molecule has 1 heterocycles. The number of imide groups is 1. The molecule has 0 aromatic heterocycles. The number of piperazine rings is 1. The van der Waals surface area contributed by atoms with Crippen LogP contribution in [-0.4, -0.2) is 50.7 Å². The van der Waals surface area contributed by atoms with Gasteiger partial charge in [-0.3, -0.25) is 10.1 Å². The van der Waals surface area contributed by atoms with Crippen molar-refractivity contribution in [3.8, 4) is 0 Å². The topological polar surface area (TPSA) is 67.1 Å². The summed E-state index contributed by atoms with van der Waals surface area (Å²) in [5.74, 6) is -0.203. The van der Waals surface area contributed by atoms with Crippen LogP contribution in [0.5, 0.6) is 0 Å². The van der Waals surface area contributed by atoms with Gasteiger partial charge in [-0.1, -0.05) is 29.8 Å². The Labute approximate surface area is 144 Å². The van der Waals surface area contributed by atoms with Crippen LogP contribution < -0.4 is 20.4 Å². The predicted octanol–water partition coefficient (Wildman–Crippen LogP) is -1.49. The van der Waals surface area contributed by atoms with Crippen molar-refractivity contribution < 1.29 is 19.4 Å². The highest BCUT2D eigenvalue weighted by molar-refractivity contribution is 5.94. The molecule has 1 aromatic rings. The summed E-state index contributed by atoms with van der Waals surface area (Å²) >= 11 is 0. The van der Waals surface area contributed by atoms with Crippen molar-refractivity contribution in [1.82, 2.24) is 10.6 Å². The summed E-state index contributed by atoms with van der Waals surface area (Å²) in [4.78, 5) is 26.3. The lowest BCUT2D eigenvalue weighted by molar-refractivity contribution is -1.02. The van der Waals surface area contributed by atoms with Crippen LogP contribution >= 0.6 is 0 Å². The summed E-state index contributed by atoms with van der Waals surface area (Å²) in [6.45, 7) is 11.3. The highest BCUT2D eigenvalue weighted by Crippen LogP contribution is 2.01. The average molecular weight is 334 g/mol. The Hall–Kier alpha value is -1.92. The predicted molar refractivity (Wildman–Crippen MR) is 93.0 cm³/mol. The summed E-state index contributed by atoms with van der Waals surface area (Å²) < 4.78 is 0. The second kappa shape index (κ2) is 8.80. The van der Waals surface area contributed by atoms with Gasteiger partial charge in [-0.05, 0) is 20.8 Å². The van der Waals surface area contributed by atoms with E-state index in [9.17, 15) is 9.59 Å². The molecular weight excluding hydrogens is 304 g/mol. The molecule has 1 saturated heterocycles. The molecule has 4 N–H and O–H groups in total. The number of hydrogen-bond acceptors (Lipinski definition) is 2. The first-order valence-corrected chi connectivity index (χ1v) is 8.75. The van der Waals surface area contributed by atoms with Crippen LogP contribution in [-0.2, 0) is 11.3 Å². The third-order valence-electron chi connectivity index (χ3n) is 4.28. The smallest absolute Gasteiger partial charge is 0.321 e. The monoisotopic (exact) mass is 334 g/mol. The summed E-state index contributed by atoms with van der Waals surface area (Å²) in [5.41, 5.74) is 2.67. The van der Waals surface area contributed by atoms with Crippen molar-refractivity contribution >= 4 is 11.9 Å². The molecule has 1 fully saturated rings. The number of carbonyl (C=O) groups excluding carboxylic acids is 2. The number of carbonyl (C=O) groups is 2. The number of rotatable bonds is 5. The number of quaternary nitrogens is 2. The van der Waals surface area contributed by atoms with Crippen molar-refractivity contribution in [1.29, 1.82) is 0 Å². The number of urea groups is 1. The average Bonchev–Trinajstić information content (AvgIpc) is 2.48. The molecule has 24 heavy (non-hydrogen) atoms. The molecule has 6 nitrogen and oxygen atoms in total. The number of hydrogen-bond donors (Lipinski definition) is 4. The molecule has 132 valence electrons. The van der Waals surface area contributed by atoms with E-state index in [0.29, 0.717) is 6.54 Å². The maximum atomic E-state index is 11.9. The Balaban J connectivity index is 1.70. The summed E-state index contributed by atoms with van der Waals surface area (Å²) in [6, 6.07) is 8.28. The Morgan fingerprint density at radius 3 is 2.42 bits per heavy atom. The van der Waals surface area contributed by atoms with Crippen molar-refractivity contribution in [2.24, 2.45) is 0 Å². The minimum atomic E-state index is -0.405. The van der Waals surface area contributed by atoms with Crippen molar-refractivity contribution in [3.05, 3.63) is 35.4 Å². The molecule has 0 spiro atoms. The minimum absolute atomic E-state index is 0.0268. The maximum Gasteiger partial charge on any atom is 0.321 e. The molecule has 1 aliphatic rings. The zero-order valence-electron chi connectivity index (χ0n) is 14.9. The van der Waals surface area contributed by atoms with Crippen LogP contribution in [0.15, 0.2) is 24.3 Å². The molecule has 0 radical (unpaired) electrons. The highest BCUT2D eigenvalue weighted by atomic mass is 16.2. The van der Waals surface area contributed by atoms with Crippen molar-refractivity contribution in [2.75, 3.05) is 32.7 Å². The van der Waals surface area contributed by atoms with Gasteiger partial charge in [0.1, 0.15) is 32.7 Å². The van der Waals surface area contributed by atoms with Crippen LogP contribution in [0.1, 0.15) is 25.0 Å². The van der Waals surface area contributed by atoms with E-state index < -0.39 is 6.03 Å². The van der Waals surface area contributed by atoms with Crippen LogP contribution in [0, 0.1) is 6.92 Å². The summed E-state index contributed by atoms with van der Waals surface area (Å²) in [7, 11) is 0. The fraction of sp³-hybridized carbons (Fsp3) is 0.556. The molecule has 0 aliphatic carbocycles. The van der Waals surface area contributed by atoms with Gasteiger partial charge >= 0.3 is 6.03 Å². The fourth-order valence-corrected chi connectivity index (χ4v) is 3.12. The van der Waals surface area contributed by atoms with Gasteiger partial charge in [0, 0.05) is 11.6 Å². The number of benzene rings is 1. The Morgan fingerprint density at radius 1 is 1.12 bits per heavy atom. The lowest BCUT2D eigenvalue weighted by atomic mass is 10.1. The molecule has 3 amide bonds. The van der Waals surface area contributed by atoms with Gasteiger partial charge in [0.05, 0.1) is 0 Å². The molecule has 0 saturated carbocycles. The van der Waals surface area contributed by atoms with Crippen molar-refractivity contribution in [3.63, 3.8) is 0 Å². The Bertz CT molecular complexity index is 566. The van der Waals surface area contributed by atoms with Gasteiger partial charge in [0.25, 0.3) is 5.91 Å². The van der Waals surface area contributed by atoms with Crippen LogP contribution in [0.4, 0.5) is 4.79 Å². The largest absolute Gasteiger partial charge is 0.336 e. The van der Waals surface area contributed by atoms with E-state index in [4.69, 9.17) is 0 Å². The minimum Gasteiger partial charge on any atom is -0.336 e. The first kappa shape index (κ1) is 18.4. The molecule has 6 heteroatoms. The Morgan fingerprint density at radius 2 is 1.79 bits per heavy atom. The molecular formula is C18H30N4O2+2. The van der Waals surface area contributed by atoms with Gasteiger partial charge < -0.3 is 15.1 Å². The molecule has 0 bridgehead atoms. The molecule has 0 atom stereocenters. The van der Waals surface area contributed by atoms with Gasteiger partial charge in [-0.15, -0.1) is 0 Å². The van der Waals surface area contributed by atoms with Crippen molar-refractivity contribution in [2.45, 2.75) is 33.4 Å². The zero-order chi connectivity index (χ0) is 17.5. The Kier molecular flexibility index (Phi) is 6.75. The fourth-order valence-electron chi connectivity index (χ4n) is 3.12. The molecule has 1 aliphatic heterocycles. The number of aryl methyl sites for hydroxylation is 1. The summed E-state index contributed by atoms with van der Waals surface area (Å²) in [5, 5.41) is 5.06. The van der Waals surface area contributed by atoms with E-state index in [2.05, 4.69) is 41.8 Å². The van der Waals surface area contributed by atoms with Crippen LogP contribution in [0.3, 0.4) is 0 Å². The second-order valence-electron chi connectivity index (χ2n) is 7.02. The highest BCUT2D eigenvalue weighted by Gasteiger charge is 2.25. The SMILES string of the molecule is Cc1cccc(C[NH+]2CC[NH+](CC(=O)NC(=O)NC(C)C)CC2)c1. The zero-order valence-corrected chi connectivity index (χ0v) is 14.9. The maximum absolute atomic E-state index is 11.9. The van der Waals surface area contributed by atoms with E-state index in [1.807, 2.05) is 13.8 Å². The normalized spacial score (nSPS) is 20.7. The third kappa shape index (κ3) is 6.29. The van der Waals surface area contributed by atoms with E-state index in [-0.39, 0.29) is 11.9 Å². The van der Waals surface area contributed by atoms with E-state index in [1.165, 1.54) is 16.0 Å². The lowest BCUT2D eigenvalue weighted by Crippen LogP contribution is -3.28. The van der Waals surface area contributed by atoms with Crippen LogP contribution in [0.25, 0.3) is 0 Å². The first-order chi connectivity index (χ1) is 11.4. The van der Waals surface area contributed by atoms with Gasteiger partial charge in [0.15, 0.2) is 6.54 Å². The van der Waals surface area contributed by atoms with E-state index in [1.54, 1.807) is 4.90 Å². The summed E-state index contributed by atoms with van der Waals surface area (Å²) in [6.07, 6.45) is 0. The molecule has 1 aromatic carbocycles. The quantitative estimate of drug-likeness (QED) is 0.530. The van der Waals surface area contributed by atoms with Gasteiger partial charge in [-0.2, -0.15) is 0 Å². The number of nitrogens with one attached hydrogen (secondary N) is 4. The molecule has 2 rings (SSSR count). The van der Waals surface area contributed by atoms with E-state index >= 15 is 0 Å². The second-order valence-corrected chi connectivity index (χ2v) is 7.02. The van der Waals surface area contributed by atoms with Crippen LogP contribution in [0.2, 0.25) is 0 Å². The molecule has 0 unspecified atom stereocenters. The standard InChI is InChI=1S/C18H28N4O2/c1-14(2)19-18(24)20-17(23)13-22-9-7-21(8-10-22)12-16-6-4-5-15(3)11-16/h4-6,11,14H,7-10,12-13H2,1-3H3,(H2,19,20,23,24)/p+2. The first-order valence-electron chi connectivity index (χ1n) is 8.75. The van der Waals surface area contributed by atoms with Gasteiger partial charge in [0.2, 0.25) is 0 Å². The van der Waals surface area contributed by atoms with E-state index in [0.717, 1.165) is 32.7 Å². The third-order valence-corrected chi connectivity index (χ3v) is 4.28. The lowest BCUT2D eigenvalue weighted by Gasteiger charge is -2.29. The number of amides is 3. The van der Waals surface area contributed by atoms with Gasteiger partial charge in [-0.25, -0.2) is 4.79 Å².